The van der Waals surface area contributed by atoms with Crippen LogP contribution in [0.1, 0.15) is 12.8 Å². The van der Waals surface area contributed by atoms with Crippen LogP contribution >= 0.6 is 0 Å². The van der Waals surface area contributed by atoms with Crippen molar-refractivity contribution in [3.63, 3.8) is 0 Å². The van der Waals surface area contributed by atoms with E-state index in [1.165, 1.54) is 0 Å². The summed E-state index contributed by atoms with van der Waals surface area (Å²) in [4.78, 5) is 0. The maximum atomic E-state index is 11.5. The Labute approximate surface area is 96.8 Å². The van der Waals surface area contributed by atoms with Crippen LogP contribution in [0.5, 0.6) is 0 Å². The summed E-state index contributed by atoms with van der Waals surface area (Å²) in [5, 5.41) is 2.86. The van der Waals surface area contributed by atoms with Crippen molar-refractivity contribution < 1.29 is 16.8 Å². The van der Waals surface area contributed by atoms with E-state index in [1.54, 1.807) is 7.05 Å². The standard InChI is InChI=1S/C8H18N2O4S2/c1-9-4-2-5-16(13,14)10-8-3-6-15(11,12)7-8/h8-10H,2-7H2,1H3. The van der Waals surface area contributed by atoms with E-state index < -0.39 is 25.9 Å². The second-order valence-electron chi connectivity index (χ2n) is 3.99. The quantitative estimate of drug-likeness (QED) is 0.585. The van der Waals surface area contributed by atoms with Gasteiger partial charge < -0.3 is 5.32 Å². The summed E-state index contributed by atoms with van der Waals surface area (Å²) in [6.07, 6.45) is 0.902. The average molecular weight is 270 g/mol. The van der Waals surface area contributed by atoms with Crippen LogP contribution in [0, 0.1) is 0 Å². The summed E-state index contributed by atoms with van der Waals surface area (Å²) in [5.74, 6) is 0.0410. The van der Waals surface area contributed by atoms with Crippen molar-refractivity contribution in [2.24, 2.45) is 0 Å². The van der Waals surface area contributed by atoms with E-state index in [-0.39, 0.29) is 17.3 Å². The molecule has 96 valence electrons. The molecule has 1 heterocycles. The lowest BCUT2D eigenvalue weighted by molar-refractivity contribution is 0.559. The molecule has 0 bridgehead atoms. The average Bonchev–Trinajstić information content (AvgIpc) is 2.44. The Morgan fingerprint density at radius 3 is 2.56 bits per heavy atom. The monoisotopic (exact) mass is 270 g/mol. The normalized spacial score (nSPS) is 24.7. The molecule has 1 rings (SSSR count). The maximum Gasteiger partial charge on any atom is 0.211 e. The van der Waals surface area contributed by atoms with E-state index in [4.69, 9.17) is 0 Å². The summed E-state index contributed by atoms with van der Waals surface area (Å²) in [5.41, 5.74) is 0. The molecule has 6 nitrogen and oxygen atoms in total. The van der Waals surface area contributed by atoms with Gasteiger partial charge in [-0.2, -0.15) is 0 Å². The summed E-state index contributed by atoms with van der Waals surface area (Å²) in [6, 6.07) is -0.440. The second kappa shape index (κ2) is 5.44. The van der Waals surface area contributed by atoms with Crippen LogP contribution in [-0.4, -0.2) is 53.7 Å². The molecule has 0 saturated carbocycles. The van der Waals surface area contributed by atoms with Gasteiger partial charge in [0.15, 0.2) is 9.84 Å². The lowest BCUT2D eigenvalue weighted by Crippen LogP contribution is -2.37. The van der Waals surface area contributed by atoms with Crippen LogP contribution in [-0.2, 0) is 19.9 Å². The third-order valence-corrected chi connectivity index (χ3v) is 5.71. The Balaban J connectivity index is 2.42. The molecule has 1 saturated heterocycles. The molecule has 0 aromatic heterocycles. The van der Waals surface area contributed by atoms with Gasteiger partial charge >= 0.3 is 0 Å². The third kappa shape index (κ3) is 4.77. The molecule has 0 spiro atoms. The van der Waals surface area contributed by atoms with Crippen molar-refractivity contribution in [2.45, 2.75) is 18.9 Å². The van der Waals surface area contributed by atoms with Gasteiger partial charge in [-0.05, 0) is 26.4 Å². The lowest BCUT2D eigenvalue weighted by Gasteiger charge is -2.11. The van der Waals surface area contributed by atoms with Gasteiger partial charge in [0, 0.05) is 6.04 Å². The van der Waals surface area contributed by atoms with Crippen LogP contribution in [0.2, 0.25) is 0 Å². The van der Waals surface area contributed by atoms with Gasteiger partial charge in [0.1, 0.15) is 0 Å². The Hall–Kier alpha value is -0.180. The second-order valence-corrected chi connectivity index (χ2v) is 8.10. The van der Waals surface area contributed by atoms with E-state index in [0.717, 1.165) is 0 Å². The fourth-order valence-corrected chi connectivity index (χ4v) is 4.77. The van der Waals surface area contributed by atoms with E-state index >= 15 is 0 Å². The zero-order valence-corrected chi connectivity index (χ0v) is 10.9. The first-order valence-electron chi connectivity index (χ1n) is 5.20. The van der Waals surface area contributed by atoms with Crippen molar-refractivity contribution >= 4 is 19.9 Å². The number of nitrogens with one attached hydrogen (secondary N) is 2. The molecule has 2 N–H and O–H groups in total. The molecule has 0 aromatic rings. The molecule has 1 fully saturated rings. The van der Waals surface area contributed by atoms with Gasteiger partial charge in [-0.1, -0.05) is 0 Å². The minimum atomic E-state index is -3.34. The minimum Gasteiger partial charge on any atom is -0.320 e. The lowest BCUT2D eigenvalue weighted by atomic mass is 10.3. The number of hydrogen-bond donors (Lipinski definition) is 2. The van der Waals surface area contributed by atoms with Crippen LogP contribution in [0.25, 0.3) is 0 Å². The summed E-state index contributed by atoms with van der Waals surface area (Å²) >= 11 is 0. The largest absolute Gasteiger partial charge is 0.320 e. The highest BCUT2D eigenvalue weighted by molar-refractivity contribution is 7.92. The highest BCUT2D eigenvalue weighted by Gasteiger charge is 2.30. The zero-order valence-electron chi connectivity index (χ0n) is 9.27. The van der Waals surface area contributed by atoms with Crippen LogP contribution in [0.3, 0.4) is 0 Å². The van der Waals surface area contributed by atoms with E-state index in [9.17, 15) is 16.8 Å². The SMILES string of the molecule is CNCCCS(=O)(=O)NC1CCS(=O)(=O)C1. The van der Waals surface area contributed by atoms with Crippen molar-refractivity contribution in [1.29, 1.82) is 0 Å². The van der Waals surface area contributed by atoms with Crippen LogP contribution in [0.4, 0.5) is 0 Å². The molecule has 0 radical (unpaired) electrons. The molecule has 1 aliphatic heterocycles. The molecule has 16 heavy (non-hydrogen) atoms. The van der Waals surface area contributed by atoms with Gasteiger partial charge in [0.05, 0.1) is 17.3 Å². The summed E-state index contributed by atoms with van der Waals surface area (Å²) < 4.78 is 47.8. The van der Waals surface area contributed by atoms with Gasteiger partial charge in [-0.3, -0.25) is 0 Å². The number of hydrogen-bond acceptors (Lipinski definition) is 5. The number of rotatable bonds is 6. The molecule has 0 amide bonds. The Kier molecular flexibility index (Phi) is 4.72. The van der Waals surface area contributed by atoms with Crippen LogP contribution in [0.15, 0.2) is 0 Å². The molecule has 8 heteroatoms. The zero-order chi connectivity index (χ0) is 12.2. The maximum absolute atomic E-state index is 11.5. The Morgan fingerprint density at radius 2 is 2.06 bits per heavy atom. The number of sulfone groups is 1. The molecular formula is C8H18N2O4S2. The smallest absolute Gasteiger partial charge is 0.211 e. The number of sulfonamides is 1. The summed E-state index contributed by atoms with van der Waals surface area (Å²) in [7, 11) is -4.62. The van der Waals surface area contributed by atoms with E-state index in [2.05, 4.69) is 10.0 Å². The van der Waals surface area contributed by atoms with Gasteiger partial charge in [0.25, 0.3) is 0 Å². The first-order chi connectivity index (χ1) is 7.35. The topological polar surface area (TPSA) is 92.3 Å². The Morgan fingerprint density at radius 1 is 1.38 bits per heavy atom. The van der Waals surface area contributed by atoms with Crippen LogP contribution < -0.4 is 10.0 Å². The fourth-order valence-electron chi connectivity index (χ4n) is 1.64. The van der Waals surface area contributed by atoms with Gasteiger partial charge in [0.2, 0.25) is 10.0 Å². The Bertz CT molecular complexity index is 415. The van der Waals surface area contributed by atoms with Gasteiger partial charge in [-0.25, -0.2) is 21.6 Å². The predicted molar refractivity (Wildman–Crippen MR) is 62.5 cm³/mol. The van der Waals surface area contributed by atoms with Crippen molar-refractivity contribution in [3.05, 3.63) is 0 Å². The molecule has 1 unspecified atom stereocenters. The molecular weight excluding hydrogens is 252 g/mol. The first kappa shape index (κ1) is 13.9. The molecule has 1 aliphatic rings. The van der Waals surface area contributed by atoms with Gasteiger partial charge in [-0.15, -0.1) is 0 Å². The first-order valence-corrected chi connectivity index (χ1v) is 8.67. The van der Waals surface area contributed by atoms with Crippen molar-refractivity contribution in [3.8, 4) is 0 Å². The van der Waals surface area contributed by atoms with E-state index in [1.807, 2.05) is 0 Å². The fraction of sp³-hybridized carbons (Fsp3) is 1.00. The minimum absolute atomic E-state index is 0.0321. The van der Waals surface area contributed by atoms with Crippen molar-refractivity contribution in [1.82, 2.24) is 10.0 Å². The molecule has 1 atom stereocenters. The predicted octanol–water partition coefficient (Wildman–Crippen LogP) is -1.30. The molecule has 0 aromatic carbocycles. The van der Waals surface area contributed by atoms with E-state index in [0.29, 0.717) is 19.4 Å². The molecule has 0 aliphatic carbocycles. The van der Waals surface area contributed by atoms with Crippen molar-refractivity contribution in [2.75, 3.05) is 30.9 Å². The highest BCUT2D eigenvalue weighted by atomic mass is 32.2. The summed E-state index contributed by atoms with van der Waals surface area (Å²) in [6.45, 7) is 0.629. The third-order valence-electron chi connectivity index (χ3n) is 2.42. The highest BCUT2D eigenvalue weighted by Crippen LogP contribution is 2.12.